The van der Waals surface area contributed by atoms with Gasteiger partial charge in [0.05, 0.1) is 11.6 Å². The van der Waals surface area contributed by atoms with Crippen LogP contribution in [-0.2, 0) is 9.59 Å². The molecule has 2 amide bonds. The van der Waals surface area contributed by atoms with E-state index in [0.717, 1.165) is 29.3 Å². The molecule has 1 aliphatic heterocycles. The van der Waals surface area contributed by atoms with Crippen molar-refractivity contribution in [2.24, 2.45) is 11.8 Å². The molecular weight excluding hydrogens is 300 g/mol. The second-order valence-corrected chi connectivity index (χ2v) is 6.92. The number of carbonyl (C=O) groups is 2. The number of hydrogen-bond acceptors (Lipinski definition) is 2. The van der Waals surface area contributed by atoms with Gasteiger partial charge in [0.15, 0.2) is 0 Å². The second kappa shape index (κ2) is 5.93. The average Bonchev–Trinajstić information content (AvgIpc) is 3.24. The smallest absolute Gasteiger partial charge is 0.227 e. The number of anilines is 1. The van der Waals surface area contributed by atoms with Crippen molar-refractivity contribution in [3.8, 4) is 0 Å². The van der Waals surface area contributed by atoms with Gasteiger partial charge in [-0.25, -0.2) is 0 Å². The quantitative estimate of drug-likeness (QED) is 0.940. The minimum Gasteiger partial charge on any atom is -0.353 e. The van der Waals surface area contributed by atoms with Crippen molar-refractivity contribution in [1.29, 1.82) is 0 Å². The summed E-state index contributed by atoms with van der Waals surface area (Å²) < 4.78 is 0. The molecule has 2 aromatic rings. The molecule has 0 spiro atoms. The van der Waals surface area contributed by atoms with Crippen LogP contribution < -0.4 is 10.2 Å². The molecule has 2 aliphatic rings. The Balaban J connectivity index is 1.52. The topological polar surface area (TPSA) is 49.4 Å². The maximum atomic E-state index is 12.5. The summed E-state index contributed by atoms with van der Waals surface area (Å²) >= 11 is 0. The van der Waals surface area contributed by atoms with Crippen LogP contribution in [0.4, 0.5) is 5.69 Å². The molecule has 4 nitrogen and oxygen atoms in total. The van der Waals surface area contributed by atoms with Crippen molar-refractivity contribution in [2.45, 2.75) is 32.2 Å². The molecule has 124 valence electrons. The lowest BCUT2D eigenvalue weighted by Gasteiger charge is -2.19. The standard InChI is InChI=1S/C20H22N2O2/c1-2-13-10-17(13)21-20(24)15-11-19(23)22(12-15)18-9-5-7-14-6-3-4-8-16(14)18/h3-9,13,15,17H,2,10-12H2,1H3,(H,21,24)/t13-,15-,17+/m1/s1. The number of nitrogens with zero attached hydrogens (tertiary/aromatic N) is 1. The van der Waals surface area contributed by atoms with E-state index in [1.165, 1.54) is 0 Å². The van der Waals surface area contributed by atoms with Crippen LogP contribution in [0.3, 0.4) is 0 Å². The second-order valence-electron chi connectivity index (χ2n) is 6.92. The third-order valence-electron chi connectivity index (χ3n) is 5.33. The predicted octanol–water partition coefficient (Wildman–Crippen LogP) is 3.11. The van der Waals surface area contributed by atoms with Gasteiger partial charge >= 0.3 is 0 Å². The first-order valence-electron chi connectivity index (χ1n) is 8.76. The van der Waals surface area contributed by atoms with Crippen molar-refractivity contribution in [2.75, 3.05) is 11.4 Å². The molecule has 0 unspecified atom stereocenters. The van der Waals surface area contributed by atoms with E-state index < -0.39 is 0 Å². The number of fused-ring (bicyclic) bond motifs is 1. The Morgan fingerprint density at radius 2 is 2.00 bits per heavy atom. The first-order valence-corrected chi connectivity index (χ1v) is 8.76. The summed E-state index contributed by atoms with van der Waals surface area (Å²) in [5, 5.41) is 5.28. The largest absolute Gasteiger partial charge is 0.353 e. The molecule has 4 heteroatoms. The first kappa shape index (κ1) is 15.2. The highest BCUT2D eigenvalue weighted by Crippen LogP contribution is 2.35. The molecule has 0 radical (unpaired) electrons. The van der Waals surface area contributed by atoms with Crippen LogP contribution in [0.1, 0.15) is 26.2 Å². The van der Waals surface area contributed by atoms with Crippen LogP contribution in [-0.4, -0.2) is 24.4 Å². The fourth-order valence-corrected chi connectivity index (χ4v) is 3.74. The van der Waals surface area contributed by atoms with E-state index in [-0.39, 0.29) is 17.7 Å². The fourth-order valence-electron chi connectivity index (χ4n) is 3.74. The van der Waals surface area contributed by atoms with Gasteiger partial charge in [-0.15, -0.1) is 0 Å². The summed E-state index contributed by atoms with van der Waals surface area (Å²) in [5.74, 6) is 0.455. The highest BCUT2D eigenvalue weighted by Gasteiger charge is 2.41. The van der Waals surface area contributed by atoms with E-state index in [0.29, 0.717) is 24.9 Å². The molecule has 1 heterocycles. The summed E-state index contributed by atoms with van der Waals surface area (Å²) in [4.78, 5) is 26.7. The number of amides is 2. The van der Waals surface area contributed by atoms with Gasteiger partial charge in [0.1, 0.15) is 0 Å². The van der Waals surface area contributed by atoms with Crippen LogP contribution in [0.25, 0.3) is 10.8 Å². The minimum absolute atomic E-state index is 0.0343. The van der Waals surface area contributed by atoms with Crippen molar-refractivity contribution >= 4 is 28.3 Å². The number of rotatable bonds is 4. The van der Waals surface area contributed by atoms with Gasteiger partial charge in [-0.2, -0.15) is 0 Å². The molecule has 0 bridgehead atoms. The Morgan fingerprint density at radius 3 is 2.79 bits per heavy atom. The van der Waals surface area contributed by atoms with Gasteiger partial charge in [0.2, 0.25) is 11.8 Å². The Bertz CT molecular complexity index is 796. The molecule has 4 rings (SSSR count). The van der Waals surface area contributed by atoms with E-state index in [2.05, 4.69) is 12.2 Å². The number of benzene rings is 2. The third kappa shape index (κ3) is 2.66. The molecular formula is C20H22N2O2. The fraction of sp³-hybridized carbons (Fsp3) is 0.400. The van der Waals surface area contributed by atoms with E-state index in [1.54, 1.807) is 4.90 Å². The number of nitrogens with one attached hydrogen (secondary N) is 1. The van der Waals surface area contributed by atoms with Crippen LogP contribution >= 0.6 is 0 Å². The lowest BCUT2D eigenvalue weighted by atomic mass is 10.1. The Hall–Kier alpha value is -2.36. The Kier molecular flexibility index (Phi) is 3.75. The monoisotopic (exact) mass is 322 g/mol. The van der Waals surface area contributed by atoms with E-state index >= 15 is 0 Å². The predicted molar refractivity (Wildman–Crippen MR) is 94.7 cm³/mol. The summed E-state index contributed by atoms with van der Waals surface area (Å²) in [7, 11) is 0. The molecule has 24 heavy (non-hydrogen) atoms. The summed E-state index contributed by atoms with van der Waals surface area (Å²) in [6.07, 6.45) is 2.49. The maximum absolute atomic E-state index is 12.5. The van der Waals surface area contributed by atoms with Crippen LogP contribution in [0, 0.1) is 11.8 Å². The van der Waals surface area contributed by atoms with Gasteiger partial charge in [-0.3, -0.25) is 9.59 Å². The zero-order valence-corrected chi connectivity index (χ0v) is 13.9. The lowest BCUT2D eigenvalue weighted by molar-refractivity contribution is -0.126. The van der Waals surface area contributed by atoms with Crippen molar-refractivity contribution in [3.63, 3.8) is 0 Å². The average molecular weight is 322 g/mol. The normalized spacial score (nSPS) is 26.0. The van der Waals surface area contributed by atoms with Crippen LogP contribution in [0.15, 0.2) is 42.5 Å². The minimum atomic E-state index is -0.241. The van der Waals surface area contributed by atoms with Crippen molar-refractivity contribution in [3.05, 3.63) is 42.5 Å². The third-order valence-corrected chi connectivity index (χ3v) is 5.33. The van der Waals surface area contributed by atoms with Crippen molar-refractivity contribution < 1.29 is 9.59 Å². The Morgan fingerprint density at radius 1 is 1.21 bits per heavy atom. The van der Waals surface area contributed by atoms with Crippen LogP contribution in [0.2, 0.25) is 0 Å². The Labute approximate surface area is 141 Å². The molecule has 3 atom stereocenters. The summed E-state index contributed by atoms with van der Waals surface area (Å²) in [5.41, 5.74) is 0.909. The molecule has 0 aromatic heterocycles. The molecule has 1 saturated heterocycles. The summed E-state index contributed by atoms with van der Waals surface area (Å²) in [6.45, 7) is 2.63. The maximum Gasteiger partial charge on any atom is 0.227 e. The van der Waals surface area contributed by atoms with Gasteiger partial charge in [0, 0.05) is 24.4 Å². The molecule has 1 aliphatic carbocycles. The molecule has 2 aromatic carbocycles. The van der Waals surface area contributed by atoms with Crippen molar-refractivity contribution in [1.82, 2.24) is 5.32 Å². The van der Waals surface area contributed by atoms with E-state index in [1.807, 2.05) is 42.5 Å². The van der Waals surface area contributed by atoms with Gasteiger partial charge in [-0.05, 0) is 23.8 Å². The zero-order chi connectivity index (χ0) is 16.7. The molecule has 2 fully saturated rings. The summed E-state index contributed by atoms with van der Waals surface area (Å²) in [6, 6.07) is 14.3. The zero-order valence-electron chi connectivity index (χ0n) is 13.9. The number of hydrogen-bond donors (Lipinski definition) is 1. The van der Waals surface area contributed by atoms with E-state index in [9.17, 15) is 9.59 Å². The van der Waals surface area contributed by atoms with Gasteiger partial charge in [0.25, 0.3) is 0 Å². The molecule has 1 saturated carbocycles. The number of carbonyl (C=O) groups excluding carboxylic acids is 2. The molecule has 1 N–H and O–H groups in total. The van der Waals surface area contributed by atoms with Crippen LogP contribution in [0.5, 0.6) is 0 Å². The highest BCUT2D eigenvalue weighted by atomic mass is 16.2. The van der Waals surface area contributed by atoms with E-state index in [4.69, 9.17) is 0 Å². The SMILES string of the molecule is CC[C@@H]1C[C@@H]1NC(=O)[C@@H]1CC(=O)N(c2cccc3ccccc23)C1. The highest BCUT2D eigenvalue weighted by molar-refractivity contribution is 6.07. The lowest BCUT2D eigenvalue weighted by Crippen LogP contribution is -2.35. The van der Waals surface area contributed by atoms with Gasteiger partial charge < -0.3 is 10.2 Å². The van der Waals surface area contributed by atoms with Gasteiger partial charge in [-0.1, -0.05) is 49.7 Å². The first-order chi connectivity index (χ1) is 11.7.